The van der Waals surface area contributed by atoms with E-state index in [0.717, 1.165) is 5.56 Å². The highest BCUT2D eigenvalue weighted by atomic mass is 35.5. The number of nitrogens with one attached hydrogen (secondary N) is 3. The predicted molar refractivity (Wildman–Crippen MR) is 142 cm³/mol. The molecule has 0 unspecified atom stereocenters. The van der Waals surface area contributed by atoms with E-state index in [1.54, 1.807) is 69.3 Å². The number of para-hydroxylation sites is 1. The van der Waals surface area contributed by atoms with E-state index in [1.165, 1.54) is 0 Å². The number of hydrogen-bond donors (Lipinski definition) is 4. The van der Waals surface area contributed by atoms with Gasteiger partial charge in [-0.1, -0.05) is 29.8 Å². The minimum Gasteiger partial charge on any atom is -0.482 e. The molecule has 0 saturated carbocycles. The summed E-state index contributed by atoms with van der Waals surface area (Å²) in [6, 6.07) is 18.9. The lowest BCUT2D eigenvalue weighted by Crippen LogP contribution is -2.27. The lowest BCUT2D eigenvalue weighted by atomic mass is 10.1. The van der Waals surface area contributed by atoms with Crippen LogP contribution in [0.15, 0.2) is 66.7 Å². The summed E-state index contributed by atoms with van der Waals surface area (Å²) >= 11 is 6.17. The molecule has 8 nitrogen and oxygen atoms in total. The molecule has 9 heteroatoms. The maximum absolute atomic E-state index is 13.0. The standard InChI is InChI=1S/C27H29ClN4O4/c1-27(2,3)36-24(33)16-35-23-7-5-4-6-18(23)15-31-22-13-10-19(28)14-21(22)26(34)32-20-11-8-17(9-12-20)25(29)30/h4-14,31H,15-16H2,1-3H3,(H3,29,30)(H,32,34). The van der Waals surface area contributed by atoms with Crippen LogP contribution in [0.3, 0.4) is 0 Å². The second kappa shape index (κ2) is 11.6. The molecule has 0 aromatic heterocycles. The minimum absolute atomic E-state index is 0.0513. The third-order valence-corrected chi connectivity index (χ3v) is 5.12. The number of anilines is 2. The second-order valence-electron chi connectivity index (χ2n) is 8.97. The molecule has 0 atom stereocenters. The van der Waals surface area contributed by atoms with Crippen LogP contribution in [0.2, 0.25) is 5.02 Å². The first-order valence-electron chi connectivity index (χ1n) is 11.2. The molecule has 188 valence electrons. The van der Waals surface area contributed by atoms with E-state index >= 15 is 0 Å². The Balaban J connectivity index is 1.71. The van der Waals surface area contributed by atoms with Gasteiger partial charge >= 0.3 is 5.97 Å². The van der Waals surface area contributed by atoms with Crippen molar-refractivity contribution in [1.82, 2.24) is 0 Å². The van der Waals surface area contributed by atoms with E-state index < -0.39 is 11.6 Å². The highest BCUT2D eigenvalue weighted by Gasteiger charge is 2.18. The molecule has 0 bridgehead atoms. The van der Waals surface area contributed by atoms with Crippen LogP contribution in [0.5, 0.6) is 5.75 Å². The van der Waals surface area contributed by atoms with Crippen LogP contribution >= 0.6 is 11.6 Å². The Hall–Kier alpha value is -4.04. The number of carbonyl (C=O) groups is 2. The van der Waals surface area contributed by atoms with Crippen molar-refractivity contribution >= 4 is 40.7 Å². The van der Waals surface area contributed by atoms with Crippen molar-refractivity contribution in [3.8, 4) is 5.75 Å². The van der Waals surface area contributed by atoms with Crippen LogP contribution in [-0.4, -0.2) is 29.9 Å². The highest BCUT2D eigenvalue weighted by Crippen LogP contribution is 2.25. The van der Waals surface area contributed by atoms with Gasteiger partial charge in [0.2, 0.25) is 0 Å². The number of carbonyl (C=O) groups excluding carboxylic acids is 2. The van der Waals surface area contributed by atoms with Crippen molar-refractivity contribution in [2.45, 2.75) is 32.9 Å². The van der Waals surface area contributed by atoms with E-state index in [2.05, 4.69) is 10.6 Å². The van der Waals surface area contributed by atoms with Crippen molar-refractivity contribution in [3.05, 3.63) is 88.4 Å². The first kappa shape index (κ1) is 26.6. The number of nitrogen functional groups attached to an aromatic ring is 1. The van der Waals surface area contributed by atoms with E-state index in [1.807, 2.05) is 18.2 Å². The molecule has 0 radical (unpaired) electrons. The van der Waals surface area contributed by atoms with E-state index in [-0.39, 0.29) is 18.3 Å². The number of halogens is 1. The number of rotatable bonds is 9. The van der Waals surface area contributed by atoms with Gasteiger partial charge in [-0.15, -0.1) is 0 Å². The number of amides is 1. The fourth-order valence-electron chi connectivity index (χ4n) is 3.28. The summed E-state index contributed by atoms with van der Waals surface area (Å²) in [5.74, 6) is -0.339. The van der Waals surface area contributed by atoms with Gasteiger partial charge in [0, 0.05) is 34.1 Å². The summed E-state index contributed by atoms with van der Waals surface area (Å²) < 4.78 is 11.0. The first-order valence-corrected chi connectivity index (χ1v) is 11.6. The fourth-order valence-corrected chi connectivity index (χ4v) is 3.45. The summed E-state index contributed by atoms with van der Waals surface area (Å²) in [6.07, 6.45) is 0. The van der Waals surface area contributed by atoms with Crippen molar-refractivity contribution in [3.63, 3.8) is 0 Å². The Kier molecular flexibility index (Phi) is 8.55. The molecule has 0 aliphatic heterocycles. The first-order chi connectivity index (χ1) is 17.0. The summed E-state index contributed by atoms with van der Waals surface area (Å²) in [5, 5.41) is 14.0. The molecule has 0 spiro atoms. The Morgan fingerprint density at radius 3 is 2.39 bits per heavy atom. The van der Waals surface area contributed by atoms with Crippen LogP contribution in [0, 0.1) is 5.41 Å². The number of esters is 1. The average Bonchev–Trinajstić information content (AvgIpc) is 2.81. The Morgan fingerprint density at radius 1 is 1.03 bits per heavy atom. The molecule has 5 N–H and O–H groups in total. The van der Waals surface area contributed by atoms with E-state index in [4.69, 9.17) is 32.2 Å². The number of hydrogen-bond acceptors (Lipinski definition) is 6. The zero-order valence-electron chi connectivity index (χ0n) is 20.4. The number of benzene rings is 3. The van der Waals surface area contributed by atoms with Crippen LogP contribution < -0.4 is 21.1 Å². The molecule has 3 rings (SSSR count). The zero-order valence-corrected chi connectivity index (χ0v) is 21.1. The Morgan fingerprint density at radius 2 is 1.72 bits per heavy atom. The highest BCUT2D eigenvalue weighted by molar-refractivity contribution is 6.31. The van der Waals surface area contributed by atoms with Crippen molar-refractivity contribution in [1.29, 1.82) is 5.41 Å². The number of ether oxygens (including phenoxy) is 2. The molecule has 0 saturated heterocycles. The molecule has 0 aliphatic rings. The SMILES string of the molecule is CC(C)(C)OC(=O)COc1ccccc1CNc1ccc(Cl)cc1C(=O)Nc1ccc(C(=N)N)cc1. The third-order valence-electron chi connectivity index (χ3n) is 4.89. The van der Waals surface area contributed by atoms with Crippen LogP contribution in [0.4, 0.5) is 11.4 Å². The van der Waals surface area contributed by atoms with Gasteiger partial charge < -0.3 is 25.8 Å². The Labute approximate surface area is 215 Å². The molecule has 0 aliphatic carbocycles. The molecular formula is C27H29ClN4O4. The summed E-state index contributed by atoms with van der Waals surface area (Å²) in [7, 11) is 0. The average molecular weight is 509 g/mol. The van der Waals surface area contributed by atoms with Gasteiger partial charge in [0.1, 0.15) is 17.2 Å². The van der Waals surface area contributed by atoms with Gasteiger partial charge in [0.25, 0.3) is 5.91 Å². The van der Waals surface area contributed by atoms with Gasteiger partial charge in [-0.3, -0.25) is 10.2 Å². The predicted octanol–water partition coefficient (Wildman–Crippen LogP) is 5.21. The monoisotopic (exact) mass is 508 g/mol. The molecule has 3 aromatic rings. The van der Waals surface area contributed by atoms with Crippen LogP contribution in [0.25, 0.3) is 0 Å². The fraction of sp³-hybridized carbons (Fsp3) is 0.222. The molecule has 0 heterocycles. The van der Waals surface area contributed by atoms with Gasteiger partial charge in [-0.25, -0.2) is 4.79 Å². The summed E-state index contributed by atoms with van der Waals surface area (Å²) in [5.41, 5.74) is 7.72. The third kappa shape index (κ3) is 7.74. The Bertz CT molecular complexity index is 1250. The quantitative estimate of drug-likeness (QED) is 0.178. The molecule has 1 amide bonds. The summed E-state index contributed by atoms with van der Waals surface area (Å²) in [4.78, 5) is 25.1. The lowest BCUT2D eigenvalue weighted by Gasteiger charge is -2.20. The maximum Gasteiger partial charge on any atom is 0.344 e. The lowest BCUT2D eigenvalue weighted by molar-refractivity contribution is -0.157. The van der Waals surface area contributed by atoms with Gasteiger partial charge in [-0.2, -0.15) is 0 Å². The van der Waals surface area contributed by atoms with Gasteiger partial charge in [-0.05, 0) is 69.3 Å². The largest absolute Gasteiger partial charge is 0.482 e. The smallest absolute Gasteiger partial charge is 0.344 e. The van der Waals surface area contributed by atoms with Gasteiger partial charge in [0.05, 0.1) is 5.56 Å². The minimum atomic E-state index is -0.595. The van der Waals surface area contributed by atoms with Crippen LogP contribution in [0.1, 0.15) is 42.3 Å². The van der Waals surface area contributed by atoms with E-state index in [0.29, 0.717) is 39.8 Å². The van der Waals surface area contributed by atoms with Crippen molar-refractivity contribution < 1.29 is 19.1 Å². The molecule has 0 fully saturated rings. The molecular weight excluding hydrogens is 480 g/mol. The summed E-state index contributed by atoms with van der Waals surface area (Å²) in [6.45, 7) is 5.50. The number of amidine groups is 1. The van der Waals surface area contributed by atoms with Gasteiger partial charge in [0.15, 0.2) is 6.61 Å². The normalized spacial score (nSPS) is 10.9. The second-order valence-corrected chi connectivity index (χ2v) is 9.41. The number of nitrogens with two attached hydrogens (primary N) is 1. The maximum atomic E-state index is 13.0. The topological polar surface area (TPSA) is 127 Å². The molecule has 36 heavy (non-hydrogen) atoms. The van der Waals surface area contributed by atoms with E-state index in [9.17, 15) is 9.59 Å². The van der Waals surface area contributed by atoms with Crippen molar-refractivity contribution in [2.24, 2.45) is 5.73 Å². The molecule has 3 aromatic carbocycles. The van der Waals surface area contributed by atoms with Crippen LogP contribution in [-0.2, 0) is 16.1 Å². The zero-order chi connectivity index (χ0) is 26.3. The van der Waals surface area contributed by atoms with Crippen molar-refractivity contribution in [2.75, 3.05) is 17.2 Å².